The molecule has 0 bridgehead atoms. The van der Waals surface area contributed by atoms with Gasteiger partial charge in [-0.1, -0.05) is 60.5 Å². The Bertz CT molecular complexity index is 953. The lowest BCUT2D eigenvalue weighted by atomic mass is 9.84. The van der Waals surface area contributed by atoms with Gasteiger partial charge in [0.2, 0.25) is 0 Å². The van der Waals surface area contributed by atoms with Crippen molar-refractivity contribution < 1.29 is 14.2 Å². The summed E-state index contributed by atoms with van der Waals surface area (Å²) < 4.78 is 19.3. The van der Waals surface area contributed by atoms with Gasteiger partial charge in [-0.25, -0.2) is 9.37 Å². The monoisotopic (exact) mass is 419 g/mol. The lowest BCUT2D eigenvalue weighted by Gasteiger charge is -2.28. The molecule has 0 saturated heterocycles. The van der Waals surface area contributed by atoms with Crippen LogP contribution in [0.2, 0.25) is 10.2 Å². The molecular weight excluding hydrogens is 400 g/mol. The molecule has 3 aromatic rings. The predicted octanol–water partition coefficient (Wildman–Crippen LogP) is 5.66. The Morgan fingerprint density at radius 2 is 1.82 bits per heavy atom. The van der Waals surface area contributed by atoms with E-state index in [2.05, 4.69) is 4.98 Å². The Kier molecular flexibility index (Phi) is 6.68. The van der Waals surface area contributed by atoms with E-state index >= 15 is 0 Å². The van der Waals surface area contributed by atoms with Crippen LogP contribution in [0.25, 0.3) is 11.3 Å². The fourth-order valence-electron chi connectivity index (χ4n) is 2.84. The Balaban J connectivity index is 1.84. The van der Waals surface area contributed by atoms with Gasteiger partial charge in [0.1, 0.15) is 11.0 Å². The van der Waals surface area contributed by atoms with Crippen LogP contribution in [0.5, 0.6) is 0 Å². The van der Waals surface area contributed by atoms with Crippen LogP contribution in [0.1, 0.15) is 18.1 Å². The van der Waals surface area contributed by atoms with Gasteiger partial charge in [0.05, 0.1) is 30.5 Å². The van der Waals surface area contributed by atoms with Gasteiger partial charge in [-0.05, 0) is 41.5 Å². The number of aliphatic hydroxyl groups is 1. The zero-order valence-electron chi connectivity index (χ0n) is 15.3. The Morgan fingerprint density at radius 1 is 1.07 bits per heavy atom. The van der Waals surface area contributed by atoms with Crippen LogP contribution in [-0.2, 0) is 16.8 Å². The van der Waals surface area contributed by atoms with Gasteiger partial charge in [0.15, 0.2) is 0 Å². The fraction of sp³-hybridized carbons (Fsp3) is 0.227. The standard InChI is InChI=1S/C22H20Cl2FNO2/c1-22(13-27,14-28-12-15-5-3-2-4-6-15)17-10-20(26-21(24)11-17)16-7-8-19(25)18(23)9-16/h2-11,27H,12-14H2,1H3. The second-order valence-electron chi connectivity index (χ2n) is 6.89. The molecule has 2 aromatic carbocycles. The lowest BCUT2D eigenvalue weighted by molar-refractivity contribution is 0.0497. The first-order valence-electron chi connectivity index (χ1n) is 8.77. The molecule has 1 atom stereocenters. The van der Waals surface area contributed by atoms with Crippen LogP contribution < -0.4 is 0 Å². The molecule has 0 fully saturated rings. The topological polar surface area (TPSA) is 42.4 Å². The number of rotatable bonds is 7. The Hall–Kier alpha value is -1.98. The van der Waals surface area contributed by atoms with Crippen molar-refractivity contribution in [3.05, 3.63) is 87.8 Å². The van der Waals surface area contributed by atoms with Crippen LogP contribution in [0.4, 0.5) is 4.39 Å². The van der Waals surface area contributed by atoms with Crippen molar-refractivity contribution in [1.82, 2.24) is 4.98 Å². The van der Waals surface area contributed by atoms with E-state index in [1.807, 2.05) is 43.3 Å². The molecule has 0 radical (unpaired) electrons. The third-order valence-electron chi connectivity index (χ3n) is 4.59. The fourth-order valence-corrected chi connectivity index (χ4v) is 3.23. The second-order valence-corrected chi connectivity index (χ2v) is 7.68. The van der Waals surface area contributed by atoms with Crippen molar-refractivity contribution in [1.29, 1.82) is 0 Å². The molecule has 1 unspecified atom stereocenters. The maximum Gasteiger partial charge on any atom is 0.141 e. The van der Waals surface area contributed by atoms with E-state index in [0.29, 0.717) is 24.5 Å². The maximum atomic E-state index is 13.5. The Morgan fingerprint density at radius 3 is 2.50 bits per heavy atom. The van der Waals surface area contributed by atoms with Gasteiger partial charge in [-0.15, -0.1) is 0 Å². The summed E-state index contributed by atoms with van der Waals surface area (Å²) in [7, 11) is 0. The summed E-state index contributed by atoms with van der Waals surface area (Å²) in [5, 5.41) is 10.3. The minimum atomic E-state index is -0.681. The average molecular weight is 420 g/mol. The number of halogens is 3. The van der Waals surface area contributed by atoms with E-state index < -0.39 is 11.2 Å². The van der Waals surface area contributed by atoms with Gasteiger partial charge in [0.25, 0.3) is 0 Å². The highest BCUT2D eigenvalue weighted by atomic mass is 35.5. The van der Waals surface area contributed by atoms with Crippen LogP contribution in [0.15, 0.2) is 60.7 Å². The number of pyridine rings is 1. The zero-order valence-corrected chi connectivity index (χ0v) is 16.8. The number of benzene rings is 2. The molecule has 0 aliphatic heterocycles. The molecule has 0 aliphatic carbocycles. The summed E-state index contributed by atoms with van der Waals surface area (Å²) in [6.45, 7) is 2.49. The van der Waals surface area contributed by atoms with Gasteiger partial charge in [0, 0.05) is 11.0 Å². The highest BCUT2D eigenvalue weighted by molar-refractivity contribution is 6.31. The zero-order chi connectivity index (χ0) is 20.1. The number of aromatic nitrogens is 1. The minimum absolute atomic E-state index is 0.0111. The molecular formula is C22H20Cl2FNO2. The normalized spacial score (nSPS) is 13.3. The third kappa shape index (κ3) is 4.89. The molecule has 0 saturated carbocycles. The average Bonchev–Trinajstić information content (AvgIpc) is 2.70. The first kappa shape index (κ1) is 20.7. The second kappa shape index (κ2) is 9.01. The quantitative estimate of drug-likeness (QED) is 0.502. The smallest absolute Gasteiger partial charge is 0.141 e. The summed E-state index contributed by atoms with van der Waals surface area (Å²) >= 11 is 12.1. The van der Waals surface area contributed by atoms with Crippen molar-refractivity contribution in [3.8, 4) is 11.3 Å². The molecule has 3 rings (SSSR count). The van der Waals surface area contributed by atoms with Crippen molar-refractivity contribution in [2.24, 2.45) is 0 Å². The first-order valence-corrected chi connectivity index (χ1v) is 9.53. The minimum Gasteiger partial charge on any atom is -0.395 e. The van der Waals surface area contributed by atoms with E-state index in [0.717, 1.165) is 11.1 Å². The number of ether oxygens (including phenoxy) is 1. The largest absolute Gasteiger partial charge is 0.395 e. The summed E-state index contributed by atoms with van der Waals surface area (Å²) in [5.74, 6) is -0.498. The maximum absolute atomic E-state index is 13.5. The summed E-state index contributed by atoms with van der Waals surface area (Å²) in [6.07, 6.45) is 0. The molecule has 0 amide bonds. The summed E-state index contributed by atoms with van der Waals surface area (Å²) in [6, 6.07) is 17.7. The molecule has 6 heteroatoms. The third-order valence-corrected chi connectivity index (χ3v) is 5.07. The van der Waals surface area contributed by atoms with Crippen LogP contribution in [-0.4, -0.2) is 23.3 Å². The SMILES string of the molecule is CC(CO)(COCc1ccccc1)c1cc(Cl)nc(-c2ccc(F)c(Cl)c2)c1. The van der Waals surface area contributed by atoms with E-state index in [-0.39, 0.29) is 16.8 Å². The van der Waals surface area contributed by atoms with E-state index in [9.17, 15) is 9.50 Å². The molecule has 1 heterocycles. The van der Waals surface area contributed by atoms with E-state index in [4.69, 9.17) is 27.9 Å². The van der Waals surface area contributed by atoms with Crippen molar-refractivity contribution >= 4 is 23.2 Å². The number of hydrogen-bond donors (Lipinski definition) is 1. The molecule has 1 aromatic heterocycles. The van der Waals surface area contributed by atoms with Gasteiger partial charge in [-0.2, -0.15) is 0 Å². The summed E-state index contributed by atoms with van der Waals surface area (Å²) in [5.41, 5.74) is 2.34. The lowest BCUT2D eigenvalue weighted by Crippen LogP contribution is -2.32. The summed E-state index contributed by atoms with van der Waals surface area (Å²) in [4.78, 5) is 4.31. The molecule has 0 aliphatic rings. The van der Waals surface area contributed by atoms with E-state index in [1.54, 1.807) is 12.1 Å². The van der Waals surface area contributed by atoms with Gasteiger partial charge in [-0.3, -0.25) is 0 Å². The highest BCUT2D eigenvalue weighted by Crippen LogP contribution is 2.31. The van der Waals surface area contributed by atoms with E-state index in [1.165, 1.54) is 12.1 Å². The van der Waals surface area contributed by atoms with Crippen LogP contribution in [0, 0.1) is 5.82 Å². The van der Waals surface area contributed by atoms with Crippen molar-refractivity contribution in [3.63, 3.8) is 0 Å². The van der Waals surface area contributed by atoms with Crippen LogP contribution >= 0.6 is 23.2 Å². The molecule has 28 heavy (non-hydrogen) atoms. The predicted molar refractivity (Wildman–Crippen MR) is 110 cm³/mol. The van der Waals surface area contributed by atoms with Gasteiger partial charge < -0.3 is 9.84 Å². The van der Waals surface area contributed by atoms with Crippen LogP contribution in [0.3, 0.4) is 0 Å². The number of aliphatic hydroxyl groups excluding tert-OH is 1. The number of nitrogens with zero attached hydrogens (tertiary/aromatic N) is 1. The van der Waals surface area contributed by atoms with Crippen molar-refractivity contribution in [2.75, 3.05) is 13.2 Å². The van der Waals surface area contributed by atoms with Gasteiger partial charge >= 0.3 is 0 Å². The molecule has 0 spiro atoms. The highest BCUT2D eigenvalue weighted by Gasteiger charge is 2.28. The first-order chi connectivity index (χ1) is 13.4. The molecule has 3 nitrogen and oxygen atoms in total. The Labute approximate surface area is 173 Å². The number of hydrogen-bond acceptors (Lipinski definition) is 3. The van der Waals surface area contributed by atoms with Crippen molar-refractivity contribution in [2.45, 2.75) is 18.9 Å². The molecule has 1 N–H and O–H groups in total. The molecule has 146 valence electrons.